The van der Waals surface area contributed by atoms with Gasteiger partial charge in [0.25, 0.3) is 11.8 Å². The number of nitrogens with zero attached hydrogens (tertiary/aromatic N) is 3. The minimum atomic E-state index is -3.04. The van der Waals surface area contributed by atoms with Crippen LogP contribution in [-0.2, 0) is 5.92 Å². The Morgan fingerprint density at radius 1 is 1.34 bits per heavy atom. The van der Waals surface area contributed by atoms with Crippen molar-refractivity contribution in [3.8, 4) is 17.5 Å². The normalized spacial score (nSPS) is 23.1. The van der Waals surface area contributed by atoms with Gasteiger partial charge in [-0.3, -0.25) is 4.79 Å². The molecule has 0 saturated carbocycles. The van der Waals surface area contributed by atoms with Crippen molar-refractivity contribution in [3.05, 3.63) is 52.7 Å². The van der Waals surface area contributed by atoms with Crippen LogP contribution in [0.5, 0.6) is 0 Å². The van der Waals surface area contributed by atoms with Gasteiger partial charge in [-0.05, 0) is 43.5 Å². The highest BCUT2D eigenvalue weighted by Crippen LogP contribution is 2.37. The van der Waals surface area contributed by atoms with Crippen LogP contribution in [0.4, 0.5) is 8.78 Å². The molecule has 8 heteroatoms. The third-order valence-electron chi connectivity index (χ3n) is 5.68. The first-order valence-electron chi connectivity index (χ1n) is 9.42. The zero-order chi connectivity index (χ0) is 20.8. The molecule has 1 aromatic heterocycles. The predicted octanol–water partition coefficient (Wildman–Crippen LogP) is 4.33. The van der Waals surface area contributed by atoms with Gasteiger partial charge in [-0.25, -0.2) is 4.98 Å². The first kappa shape index (κ1) is 19.6. The number of hydrogen-bond donors (Lipinski definition) is 1. The highest BCUT2D eigenvalue weighted by Gasteiger charge is 2.46. The number of pyridine rings is 1. The smallest absolute Gasteiger partial charge is 0.286 e. The molecule has 1 amide bonds. The van der Waals surface area contributed by atoms with Gasteiger partial charge in [0, 0.05) is 18.5 Å². The fraction of sp³-hybridized carbons (Fsp3) is 0.381. The Kier molecular flexibility index (Phi) is 4.91. The molecule has 29 heavy (non-hydrogen) atoms. The molecule has 1 aromatic carbocycles. The summed E-state index contributed by atoms with van der Waals surface area (Å²) in [6.45, 7) is 0.794. The topological polar surface area (TPSA) is 69.0 Å². The van der Waals surface area contributed by atoms with Gasteiger partial charge in [0.05, 0.1) is 28.4 Å². The van der Waals surface area contributed by atoms with Crippen LogP contribution in [0.2, 0.25) is 5.02 Å². The quantitative estimate of drug-likeness (QED) is 0.753. The number of nitriles is 1. The Morgan fingerprint density at radius 3 is 2.79 bits per heavy atom. The fourth-order valence-corrected chi connectivity index (χ4v) is 4.51. The SMILES string of the molecule is CC(F)(F)c1cccc(-c2ccc(C(=O)N[C@@H]3C[C@@H]4CC[C@H]3N4C#N)c(Cl)c2)n1. The summed E-state index contributed by atoms with van der Waals surface area (Å²) in [6, 6.07) is 9.32. The number of halogens is 3. The number of carbonyl (C=O) groups excluding carboxylic acids is 1. The summed E-state index contributed by atoms with van der Waals surface area (Å²) in [5, 5.41) is 12.5. The largest absolute Gasteiger partial charge is 0.347 e. The maximum atomic E-state index is 13.5. The first-order chi connectivity index (χ1) is 13.8. The van der Waals surface area contributed by atoms with Gasteiger partial charge in [0.2, 0.25) is 0 Å². The van der Waals surface area contributed by atoms with Crippen molar-refractivity contribution in [3.63, 3.8) is 0 Å². The summed E-state index contributed by atoms with van der Waals surface area (Å²) in [5.41, 5.74) is 0.883. The third kappa shape index (κ3) is 3.65. The second kappa shape index (κ2) is 7.27. The molecule has 5 nitrogen and oxygen atoms in total. The summed E-state index contributed by atoms with van der Waals surface area (Å²) < 4.78 is 27.1. The number of amides is 1. The van der Waals surface area contributed by atoms with Gasteiger partial charge in [0.15, 0.2) is 6.19 Å². The maximum Gasteiger partial charge on any atom is 0.286 e. The molecule has 2 saturated heterocycles. The summed E-state index contributed by atoms with van der Waals surface area (Å²) in [5.74, 6) is -3.35. The van der Waals surface area contributed by atoms with Crippen molar-refractivity contribution in [1.29, 1.82) is 5.26 Å². The van der Waals surface area contributed by atoms with E-state index in [1.54, 1.807) is 29.2 Å². The fourth-order valence-electron chi connectivity index (χ4n) is 4.24. The number of benzene rings is 1. The highest BCUT2D eigenvalue weighted by atomic mass is 35.5. The molecular formula is C21H19ClF2N4O. The molecule has 3 heterocycles. The minimum absolute atomic E-state index is 0.0367. The van der Waals surface area contributed by atoms with Crippen molar-refractivity contribution in [1.82, 2.24) is 15.2 Å². The Balaban J connectivity index is 1.52. The molecular weight excluding hydrogens is 398 g/mol. The Hall–Kier alpha value is -2.72. The number of nitrogens with one attached hydrogen (secondary N) is 1. The molecule has 4 rings (SSSR count). The van der Waals surface area contributed by atoms with E-state index in [1.165, 1.54) is 12.1 Å². The lowest BCUT2D eigenvalue weighted by atomic mass is 9.95. The number of rotatable bonds is 4. The monoisotopic (exact) mass is 416 g/mol. The zero-order valence-electron chi connectivity index (χ0n) is 15.7. The van der Waals surface area contributed by atoms with Gasteiger partial charge in [-0.1, -0.05) is 23.7 Å². The second-order valence-corrected chi connectivity index (χ2v) is 8.02. The lowest BCUT2D eigenvalue weighted by molar-refractivity contribution is 0.0129. The average molecular weight is 417 g/mol. The van der Waals surface area contributed by atoms with Gasteiger partial charge >= 0.3 is 0 Å². The number of aromatic nitrogens is 1. The van der Waals surface area contributed by atoms with Crippen molar-refractivity contribution in [2.75, 3.05) is 0 Å². The molecule has 0 radical (unpaired) electrons. The number of carbonyl (C=O) groups is 1. The van der Waals surface area contributed by atoms with E-state index >= 15 is 0 Å². The van der Waals surface area contributed by atoms with E-state index in [-0.39, 0.29) is 34.7 Å². The summed E-state index contributed by atoms with van der Waals surface area (Å²) in [4.78, 5) is 18.5. The van der Waals surface area contributed by atoms with E-state index in [9.17, 15) is 18.8 Å². The maximum absolute atomic E-state index is 13.5. The molecule has 150 valence electrons. The van der Waals surface area contributed by atoms with Crippen LogP contribution in [0.25, 0.3) is 11.3 Å². The Morgan fingerprint density at radius 2 is 2.14 bits per heavy atom. The van der Waals surface area contributed by atoms with E-state index in [0.717, 1.165) is 26.2 Å². The molecule has 0 spiro atoms. The van der Waals surface area contributed by atoms with Crippen molar-refractivity contribution < 1.29 is 13.6 Å². The van der Waals surface area contributed by atoms with Crippen LogP contribution < -0.4 is 5.32 Å². The van der Waals surface area contributed by atoms with E-state index in [2.05, 4.69) is 16.5 Å². The molecule has 0 unspecified atom stereocenters. The van der Waals surface area contributed by atoms with Gasteiger partial charge in [-0.15, -0.1) is 0 Å². The van der Waals surface area contributed by atoms with E-state index in [4.69, 9.17) is 11.6 Å². The number of fused-ring (bicyclic) bond motifs is 2. The Labute approximate surface area is 172 Å². The van der Waals surface area contributed by atoms with Crippen LogP contribution >= 0.6 is 11.6 Å². The predicted molar refractivity (Wildman–Crippen MR) is 104 cm³/mol. The highest BCUT2D eigenvalue weighted by molar-refractivity contribution is 6.34. The van der Waals surface area contributed by atoms with Crippen molar-refractivity contribution >= 4 is 17.5 Å². The molecule has 2 aliphatic rings. The minimum Gasteiger partial charge on any atom is -0.347 e. The van der Waals surface area contributed by atoms with Gasteiger partial charge in [-0.2, -0.15) is 14.0 Å². The molecule has 1 N–H and O–H groups in total. The molecule has 3 atom stereocenters. The standard InChI is InChI=1S/C21H19ClF2N4O/c1-21(23,24)19-4-2-3-16(26-19)12-5-7-14(15(22)9-12)20(29)27-17-10-13-6-8-18(17)28(13)11-25/h2-5,7,9,13,17-18H,6,8,10H2,1H3,(H,27,29)/t13-,17+,18+/m0/s1. The first-order valence-corrected chi connectivity index (χ1v) is 9.80. The molecule has 2 fully saturated rings. The molecule has 0 aliphatic carbocycles. The van der Waals surface area contributed by atoms with E-state index in [1.807, 2.05) is 0 Å². The van der Waals surface area contributed by atoms with Gasteiger partial charge < -0.3 is 10.2 Å². The van der Waals surface area contributed by atoms with Gasteiger partial charge in [0.1, 0.15) is 5.69 Å². The van der Waals surface area contributed by atoms with Crippen LogP contribution in [0.3, 0.4) is 0 Å². The lowest BCUT2D eigenvalue weighted by Gasteiger charge is -2.22. The summed E-state index contributed by atoms with van der Waals surface area (Å²) in [7, 11) is 0. The molecule has 2 aromatic rings. The van der Waals surface area contributed by atoms with Crippen molar-refractivity contribution in [2.45, 2.75) is 50.2 Å². The molecule has 2 aliphatic heterocycles. The van der Waals surface area contributed by atoms with Crippen molar-refractivity contribution in [2.24, 2.45) is 0 Å². The summed E-state index contributed by atoms with van der Waals surface area (Å²) >= 11 is 6.32. The second-order valence-electron chi connectivity index (χ2n) is 7.61. The van der Waals surface area contributed by atoms with Crippen LogP contribution in [0.1, 0.15) is 42.2 Å². The number of alkyl halides is 2. The Bertz CT molecular complexity index is 1000. The van der Waals surface area contributed by atoms with Crippen LogP contribution in [0, 0.1) is 11.5 Å². The number of hydrogen-bond acceptors (Lipinski definition) is 4. The third-order valence-corrected chi connectivity index (χ3v) is 5.99. The average Bonchev–Trinajstić information content (AvgIpc) is 3.23. The lowest BCUT2D eigenvalue weighted by Crippen LogP contribution is -2.43. The zero-order valence-corrected chi connectivity index (χ0v) is 16.5. The molecule has 2 bridgehead atoms. The van der Waals surface area contributed by atoms with Crippen LogP contribution in [-0.4, -0.2) is 33.9 Å². The van der Waals surface area contributed by atoms with E-state index in [0.29, 0.717) is 16.8 Å². The van der Waals surface area contributed by atoms with E-state index < -0.39 is 5.92 Å². The van der Waals surface area contributed by atoms with Crippen LogP contribution in [0.15, 0.2) is 36.4 Å². The summed E-state index contributed by atoms with van der Waals surface area (Å²) in [6.07, 6.45) is 4.83.